The minimum atomic E-state index is -0.325. The first kappa shape index (κ1) is 28.6. The van der Waals surface area contributed by atoms with Gasteiger partial charge in [-0.2, -0.15) is 10.1 Å². The van der Waals surface area contributed by atoms with E-state index in [2.05, 4.69) is 76.9 Å². The Morgan fingerprint density at radius 3 is 2.43 bits per heavy atom. The van der Waals surface area contributed by atoms with Crippen LogP contribution in [-0.4, -0.2) is 32.4 Å². The fourth-order valence-electron chi connectivity index (χ4n) is 4.69. The molecule has 5 aromatic rings. The summed E-state index contributed by atoms with van der Waals surface area (Å²) >= 11 is 0. The first-order valence-electron chi connectivity index (χ1n) is 14.1. The molecule has 0 spiro atoms. The summed E-state index contributed by atoms with van der Waals surface area (Å²) in [4.78, 5) is 21.8. The molecule has 0 radical (unpaired) electrons. The first-order chi connectivity index (χ1) is 20.2. The van der Waals surface area contributed by atoms with Crippen molar-refractivity contribution in [2.45, 2.75) is 45.6 Å². The highest BCUT2D eigenvalue weighted by Gasteiger charge is 2.20. The summed E-state index contributed by atoms with van der Waals surface area (Å²) in [5.74, 6) is 1.66. The van der Waals surface area contributed by atoms with Crippen molar-refractivity contribution >= 4 is 34.3 Å². The van der Waals surface area contributed by atoms with Crippen LogP contribution in [0.2, 0.25) is 0 Å². The molecular weight excluding hydrogens is 526 g/mol. The topological polar surface area (TPSA) is 106 Å². The number of ether oxygens (including phenoxy) is 1. The predicted molar refractivity (Wildman–Crippen MR) is 168 cm³/mol. The van der Waals surface area contributed by atoms with Crippen molar-refractivity contribution in [3.8, 4) is 5.88 Å². The third kappa shape index (κ3) is 6.86. The number of fused-ring (bicyclic) bond motifs is 1. The van der Waals surface area contributed by atoms with Crippen molar-refractivity contribution in [3.05, 3.63) is 102 Å². The van der Waals surface area contributed by atoms with Gasteiger partial charge in [-0.1, -0.05) is 81.4 Å². The largest absolute Gasteiger partial charge is 0.477 e. The maximum Gasteiger partial charge on any atom is 0.324 e. The fraction of sp³-hybridized carbons (Fsp3) is 0.273. The number of hydrogen-bond donors (Lipinski definition) is 3. The van der Waals surface area contributed by atoms with Crippen LogP contribution in [0.1, 0.15) is 50.6 Å². The van der Waals surface area contributed by atoms with Crippen LogP contribution >= 0.6 is 0 Å². The maximum absolute atomic E-state index is 12.9. The highest BCUT2D eigenvalue weighted by molar-refractivity contribution is 6.06. The molecule has 0 aliphatic carbocycles. The highest BCUT2D eigenvalue weighted by Crippen LogP contribution is 2.28. The van der Waals surface area contributed by atoms with E-state index in [1.807, 2.05) is 61.6 Å². The van der Waals surface area contributed by atoms with Crippen molar-refractivity contribution in [2.75, 3.05) is 22.6 Å². The van der Waals surface area contributed by atoms with Gasteiger partial charge in [0.1, 0.15) is 5.82 Å². The Bertz CT molecular complexity index is 1680. The smallest absolute Gasteiger partial charge is 0.324 e. The lowest BCUT2D eigenvalue weighted by Gasteiger charge is -2.15. The van der Waals surface area contributed by atoms with Crippen LogP contribution in [0.3, 0.4) is 0 Å². The average molecular weight is 564 g/mol. The predicted octanol–water partition coefficient (Wildman–Crippen LogP) is 7.10. The zero-order valence-corrected chi connectivity index (χ0v) is 24.7. The van der Waals surface area contributed by atoms with E-state index in [1.54, 1.807) is 16.9 Å². The van der Waals surface area contributed by atoms with Gasteiger partial charge in [0.25, 0.3) is 0 Å². The zero-order valence-electron chi connectivity index (χ0n) is 24.7. The number of aryl methyl sites for hydroxylation is 1. The third-order valence-corrected chi connectivity index (χ3v) is 7.05. The Labute approximate surface area is 246 Å². The molecule has 0 saturated carbocycles. The van der Waals surface area contributed by atoms with Crippen LogP contribution in [0.4, 0.5) is 22.2 Å². The molecule has 2 aromatic heterocycles. The van der Waals surface area contributed by atoms with Gasteiger partial charge >= 0.3 is 6.03 Å². The molecule has 5 rings (SSSR count). The Hall–Kier alpha value is -4.92. The minimum absolute atomic E-state index is 0.0621. The first-order valence-corrected chi connectivity index (χ1v) is 14.1. The highest BCUT2D eigenvalue weighted by atomic mass is 16.5. The minimum Gasteiger partial charge on any atom is -0.477 e. The molecule has 0 bridgehead atoms. The van der Waals surface area contributed by atoms with Crippen molar-refractivity contribution in [2.24, 2.45) is 7.05 Å². The molecule has 216 valence electrons. The van der Waals surface area contributed by atoms with Gasteiger partial charge in [-0.25, -0.2) is 9.78 Å². The number of aromatic nitrogens is 4. The van der Waals surface area contributed by atoms with E-state index in [-0.39, 0.29) is 17.5 Å². The number of carbonyl (C=O) groups excluding carboxylic acids is 1. The number of nitrogens with one attached hydrogen (secondary N) is 3. The van der Waals surface area contributed by atoms with Gasteiger partial charge in [-0.05, 0) is 29.5 Å². The van der Waals surface area contributed by atoms with Crippen LogP contribution < -0.4 is 20.7 Å². The number of amides is 2. The van der Waals surface area contributed by atoms with Crippen LogP contribution in [-0.2, 0) is 18.9 Å². The van der Waals surface area contributed by atoms with E-state index in [0.717, 1.165) is 33.3 Å². The lowest BCUT2D eigenvalue weighted by atomic mass is 9.92. The molecular formula is C33H37N7O2. The average Bonchev–Trinajstić information content (AvgIpc) is 3.35. The molecule has 9 nitrogen and oxygen atoms in total. The second-order valence-electron chi connectivity index (χ2n) is 11.3. The molecule has 2 heterocycles. The molecule has 1 atom stereocenters. The summed E-state index contributed by atoms with van der Waals surface area (Å²) in [5.41, 5.74) is 3.79. The molecule has 1 unspecified atom stereocenters. The molecule has 3 aromatic carbocycles. The van der Waals surface area contributed by atoms with E-state index in [1.165, 1.54) is 0 Å². The van der Waals surface area contributed by atoms with Gasteiger partial charge in [0.15, 0.2) is 0 Å². The normalized spacial score (nSPS) is 12.1. The Morgan fingerprint density at radius 1 is 0.952 bits per heavy atom. The molecule has 0 fully saturated rings. The second kappa shape index (κ2) is 12.3. The molecule has 0 aliphatic heterocycles. The van der Waals surface area contributed by atoms with Crippen molar-refractivity contribution in [1.82, 2.24) is 19.7 Å². The van der Waals surface area contributed by atoms with Gasteiger partial charge in [0.2, 0.25) is 11.8 Å². The summed E-state index contributed by atoms with van der Waals surface area (Å²) in [6.45, 7) is 8.79. The van der Waals surface area contributed by atoms with Crippen LogP contribution in [0.15, 0.2) is 85.1 Å². The number of rotatable bonds is 9. The van der Waals surface area contributed by atoms with Gasteiger partial charge in [0.05, 0.1) is 24.0 Å². The van der Waals surface area contributed by atoms with E-state index in [4.69, 9.17) is 4.74 Å². The summed E-state index contributed by atoms with van der Waals surface area (Å²) in [5, 5.41) is 15.8. The summed E-state index contributed by atoms with van der Waals surface area (Å²) in [6.07, 6.45) is 2.36. The fourth-order valence-corrected chi connectivity index (χ4v) is 4.69. The van der Waals surface area contributed by atoms with Crippen LogP contribution in [0, 0.1) is 0 Å². The molecule has 42 heavy (non-hydrogen) atoms. The Balaban J connectivity index is 1.22. The monoisotopic (exact) mass is 563 g/mol. The Morgan fingerprint density at radius 2 is 1.69 bits per heavy atom. The van der Waals surface area contributed by atoms with Crippen LogP contribution in [0.5, 0.6) is 5.88 Å². The zero-order chi connectivity index (χ0) is 29.7. The Kier molecular flexibility index (Phi) is 8.38. The molecule has 2 amide bonds. The molecule has 3 N–H and O–H groups in total. The SMILES string of the molecule is CC(Nc1nccc(OCCc2ccc(NC(=O)Nc3cc(C(C)(C)C)nn3C)c3ccccc23)n1)c1ccccc1. The number of urea groups is 1. The molecule has 0 aliphatic rings. The van der Waals surface area contributed by atoms with Crippen LogP contribution in [0.25, 0.3) is 10.8 Å². The quantitative estimate of drug-likeness (QED) is 0.177. The van der Waals surface area contributed by atoms with Gasteiger partial charge in [0, 0.05) is 42.6 Å². The lowest BCUT2D eigenvalue weighted by molar-refractivity contribution is 0.262. The number of nitrogens with zero attached hydrogens (tertiary/aromatic N) is 4. The van der Waals surface area contributed by atoms with E-state index < -0.39 is 0 Å². The number of hydrogen-bond acceptors (Lipinski definition) is 6. The lowest BCUT2D eigenvalue weighted by Crippen LogP contribution is -2.21. The van der Waals surface area contributed by atoms with E-state index in [9.17, 15) is 4.79 Å². The van der Waals surface area contributed by atoms with E-state index in [0.29, 0.717) is 30.7 Å². The van der Waals surface area contributed by atoms with Gasteiger partial charge in [-0.15, -0.1) is 0 Å². The van der Waals surface area contributed by atoms with Crippen molar-refractivity contribution < 1.29 is 9.53 Å². The second-order valence-corrected chi connectivity index (χ2v) is 11.3. The van der Waals surface area contributed by atoms with E-state index >= 15 is 0 Å². The summed E-state index contributed by atoms with van der Waals surface area (Å²) in [7, 11) is 1.82. The standard InChI is InChI=1S/C33H37N7O2/c1-22(23-11-7-6-8-12-23)35-31-34-19-17-30(38-31)42-20-18-24-15-16-27(26-14-10-9-13-25(24)26)36-32(41)37-29-21-28(33(2,3)4)39-40(29)5/h6-17,19,21-22H,18,20H2,1-5H3,(H,34,35,38)(H2,36,37,41). The molecule has 0 saturated heterocycles. The third-order valence-electron chi connectivity index (χ3n) is 7.05. The number of benzene rings is 3. The number of carbonyl (C=O) groups is 1. The van der Waals surface area contributed by atoms with Crippen molar-refractivity contribution in [1.29, 1.82) is 0 Å². The summed E-state index contributed by atoms with van der Waals surface area (Å²) < 4.78 is 7.69. The number of anilines is 3. The molecule has 9 heteroatoms. The van der Waals surface area contributed by atoms with Crippen molar-refractivity contribution in [3.63, 3.8) is 0 Å². The van der Waals surface area contributed by atoms with Gasteiger partial charge in [-0.3, -0.25) is 10.00 Å². The maximum atomic E-state index is 12.9. The summed E-state index contributed by atoms with van der Waals surface area (Å²) in [6, 6.07) is 25.5. The van der Waals surface area contributed by atoms with Gasteiger partial charge < -0.3 is 15.4 Å².